The number of anilines is 1. The minimum atomic E-state index is -0.225. The fourth-order valence-corrected chi connectivity index (χ4v) is 3.02. The monoisotopic (exact) mass is 346 g/mol. The van der Waals surface area contributed by atoms with Crippen molar-refractivity contribution in [1.82, 2.24) is 14.8 Å². The third kappa shape index (κ3) is 2.65. The predicted molar refractivity (Wildman–Crippen MR) is 102 cm³/mol. The Balaban J connectivity index is 1.75. The molecule has 4 aromatic rings. The molecule has 6 heteroatoms. The normalized spacial score (nSPS) is 11.0. The number of amides is 1. The Bertz CT molecular complexity index is 1130. The topological polar surface area (TPSA) is 69.0 Å². The SMILES string of the molecule is COc1ccc(C(=O)Nc2nn(C)c3nc4c(C)cccc4cc23)cc1. The molecule has 1 N–H and O–H groups in total. The van der Waals surface area contributed by atoms with Gasteiger partial charge in [-0.25, -0.2) is 9.67 Å². The Morgan fingerprint density at radius 2 is 1.92 bits per heavy atom. The van der Waals surface area contributed by atoms with Crippen LogP contribution < -0.4 is 10.1 Å². The third-order valence-electron chi connectivity index (χ3n) is 4.42. The van der Waals surface area contributed by atoms with E-state index < -0.39 is 0 Å². The summed E-state index contributed by atoms with van der Waals surface area (Å²) >= 11 is 0. The summed E-state index contributed by atoms with van der Waals surface area (Å²) in [7, 11) is 3.41. The summed E-state index contributed by atoms with van der Waals surface area (Å²) < 4.78 is 6.81. The number of fused-ring (bicyclic) bond motifs is 2. The van der Waals surface area contributed by atoms with Gasteiger partial charge in [0, 0.05) is 18.0 Å². The number of benzene rings is 2. The van der Waals surface area contributed by atoms with Crippen LogP contribution in [0, 0.1) is 6.92 Å². The van der Waals surface area contributed by atoms with Gasteiger partial charge < -0.3 is 10.1 Å². The minimum Gasteiger partial charge on any atom is -0.497 e. The van der Waals surface area contributed by atoms with E-state index in [1.807, 2.05) is 38.2 Å². The molecule has 2 heterocycles. The van der Waals surface area contributed by atoms with Crippen molar-refractivity contribution < 1.29 is 9.53 Å². The standard InChI is InChI=1S/C20H18N4O2/c1-12-5-4-6-14-11-16-18(23-24(2)19(16)21-17(12)14)22-20(25)13-7-9-15(26-3)10-8-13/h4-11H,1-3H3,(H,22,23,25). The van der Waals surface area contributed by atoms with Gasteiger partial charge in [0.15, 0.2) is 11.5 Å². The maximum atomic E-state index is 12.6. The van der Waals surface area contributed by atoms with E-state index in [1.54, 1.807) is 36.1 Å². The summed E-state index contributed by atoms with van der Waals surface area (Å²) in [5.41, 5.74) is 3.32. The van der Waals surface area contributed by atoms with Crippen molar-refractivity contribution >= 4 is 33.7 Å². The first-order chi connectivity index (χ1) is 12.6. The molecule has 0 saturated heterocycles. The van der Waals surface area contributed by atoms with Gasteiger partial charge in [-0.15, -0.1) is 0 Å². The summed E-state index contributed by atoms with van der Waals surface area (Å²) in [6.07, 6.45) is 0. The number of aromatic nitrogens is 3. The van der Waals surface area contributed by atoms with Crippen LogP contribution in [-0.2, 0) is 7.05 Å². The largest absolute Gasteiger partial charge is 0.497 e. The Hall–Kier alpha value is -3.41. The molecule has 0 aliphatic carbocycles. The molecule has 2 aromatic carbocycles. The van der Waals surface area contributed by atoms with Crippen LogP contribution in [-0.4, -0.2) is 27.8 Å². The van der Waals surface area contributed by atoms with E-state index in [0.717, 1.165) is 27.5 Å². The van der Waals surface area contributed by atoms with Crippen molar-refractivity contribution in [3.8, 4) is 5.75 Å². The van der Waals surface area contributed by atoms with E-state index in [4.69, 9.17) is 9.72 Å². The van der Waals surface area contributed by atoms with Crippen LogP contribution in [0.2, 0.25) is 0 Å². The quantitative estimate of drug-likeness (QED) is 0.614. The van der Waals surface area contributed by atoms with Crippen LogP contribution in [0.3, 0.4) is 0 Å². The van der Waals surface area contributed by atoms with Crippen molar-refractivity contribution in [2.45, 2.75) is 6.92 Å². The van der Waals surface area contributed by atoms with Gasteiger partial charge in [0.2, 0.25) is 0 Å². The number of hydrogen-bond acceptors (Lipinski definition) is 4. The zero-order valence-electron chi connectivity index (χ0n) is 14.8. The number of methoxy groups -OCH3 is 1. The number of aryl methyl sites for hydroxylation is 2. The summed E-state index contributed by atoms with van der Waals surface area (Å²) in [6, 6.07) is 15.0. The van der Waals surface area contributed by atoms with Crippen molar-refractivity contribution in [3.05, 3.63) is 59.7 Å². The molecule has 130 valence electrons. The number of rotatable bonds is 3. The molecule has 0 unspecified atom stereocenters. The first kappa shape index (κ1) is 16.1. The summed E-state index contributed by atoms with van der Waals surface area (Å²) in [6.45, 7) is 2.03. The summed E-state index contributed by atoms with van der Waals surface area (Å²) in [5.74, 6) is 0.979. The van der Waals surface area contributed by atoms with Crippen molar-refractivity contribution in [3.63, 3.8) is 0 Å². The number of carbonyl (C=O) groups is 1. The fraction of sp³-hybridized carbons (Fsp3) is 0.150. The fourth-order valence-electron chi connectivity index (χ4n) is 3.02. The summed E-state index contributed by atoms with van der Waals surface area (Å²) in [5, 5.41) is 9.16. The Kier molecular flexibility index (Phi) is 3.80. The number of para-hydroxylation sites is 1. The second kappa shape index (κ2) is 6.15. The van der Waals surface area contributed by atoms with Crippen LogP contribution in [0.25, 0.3) is 21.9 Å². The lowest BCUT2D eigenvalue weighted by Crippen LogP contribution is -2.12. The Morgan fingerprint density at radius 3 is 2.65 bits per heavy atom. The van der Waals surface area contributed by atoms with Gasteiger partial charge in [-0.05, 0) is 42.8 Å². The molecule has 0 aliphatic heterocycles. The number of nitrogens with one attached hydrogen (secondary N) is 1. The molecular weight excluding hydrogens is 328 g/mol. The lowest BCUT2D eigenvalue weighted by molar-refractivity contribution is 0.102. The average molecular weight is 346 g/mol. The molecule has 26 heavy (non-hydrogen) atoms. The third-order valence-corrected chi connectivity index (χ3v) is 4.42. The molecule has 0 atom stereocenters. The van der Waals surface area contributed by atoms with Crippen LogP contribution in [0.1, 0.15) is 15.9 Å². The molecular formula is C20H18N4O2. The van der Waals surface area contributed by atoms with Gasteiger partial charge in [0.05, 0.1) is 18.0 Å². The lowest BCUT2D eigenvalue weighted by atomic mass is 10.1. The molecule has 1 amide bonds. The molecule has 2 aromatic heterocycles. The number of pyridine rings is 1. The van der Waals surface area contributed by atoms with Crippen LogP contribution in [0.5, 0.6) is 5.75 Å². The van der Waals surface area contributed by atoms with Gasteiger partial charge in [-0.2, -0.15) is 5.10 Å². The second-order valence-corrected chi connectivity index (χ2v) is 6.16. The summed E-state index contributed by atoms with van der Waals surface area (Å²) in [4.78, 5) is 17.3. The Labute approximate surface area is 150 Å². The average Bonchev–Trinajstić information content (AvgIpc) is 2.95. The molecule has 0 fully saturated rings. The predicted octanol–water partition coefficient (Wildman–Crippen LogP) is 3.69. The molecule has 0 radical (unpaired) electrons. The van der Waals surface area contributed by atoms with Crippen LogP contribution in [0.15, 0.2) is 48.5 Å². The second-order valence-electron chi connectivity index (χ2n) is 6.16. The van der Waals surface area contributed by atoms with Crippen LogP contribution >= 0.6 is 0 Å². The smallest absolute Gasteiger partial charge is 0.256 e. The highest BCUT2D eigenvalue weighted by molar-refractivity contribution is 6.09. The highest BCUT2D eigenvalue weighted by Gasteiger charge is 2.15. The molecule has 0 aliphatic rings. The van der Waals surface area contributed by atoms with E-state index in [9.17, 15) is 4.79 Å². The Morgan fingerprint density at radius 1 is 1.15 bits per heavy atom. The molecule has 4 rings (SSSR count). The van der Waals surface area contributed by atoms with Gasteiger partial charge in [-0.3, -0.25) is 4.79 Å². The first-order valence-electron chi connectivity index (χ1n) is 8.25. The highest BCUT2D eigenvalue weighted by Crippen LogP contribution is 2.27. The zero-order valence-corrected chi connectivity index (χ0v) is 14.8. The maximum Gasteiger partial charge on any atom is 0.256 e. The van der Waals surface area contributed by atoms with Crippen molar-refractivity contribution in [2.75, 3.05) is 12.4 Å². The van der Waals surface area contributed by atoms with E-state index in [1.165, 1.54) is 0 Å². The van der Waals surface area contributed by atoms with Crippen molar-refractivity contribution in [2.24, 2.45) is 7.05 Å². The van der Waals surface area contributed by atoms with Gasteiger partial charge in [0.1, 0.15) is 5.75 Å². The van der Waals surface area contributed by atoms with Gasteiger partial charge in [0.25, 0.3) is 5.91 Å². The molecule has 6 nitrogen and oxygen atoms in total. The number of carbonyl (C=O) groups excluding carboxylic acids is 1. The maximum absolute atomic E-state index is 12.6. The number of nitrogens with zero attached hydrogens (tertiary/aromatic N) is 3. The van der Waals surface area contributed by atoms with Crippen LogP contribution in [0.4, 0.5) is 5.82 Å². The van der Waals surface area contributed by atoms with E-state index in [2.05, 4.69) is 10.4 Å². The number of hydrogen-bond donors (Lipinski definition) is 1. The van der Waals surface area contributed by atoms with Gasteiger partial charge in [-0.1, -0.05) is 18.2 Å². The molecule has 0 spiro atoms. The van der Waals surface area contributed by atoms with E-state index >= 15 is 0 Å². The van der Waals surface area contributed by atoms with E-state index in [-0.39, 0.29) is 5.91 Å². The van der Waals surface area contributed by atoms with E-state index in [0.29, 0.717) is 17.1 Å². The molecule has 0 saturated carbocycles. The minimum absolute atomic E-state index is 0.225. The van der Waals surface area contributed by atoms with Crippen molar-refractivity contribution in [1.29, 1.82) is 0 Å². The number of ether oxygens (including phenoxy) is 1. The highest BCUT2D eigenvalue weighted by atomic mass is 16.5. The zero-order chi connectivity index (χ0) is 18.3. The van der Waals surface area contributed by atoms with Gasteiger partial charge >= 0.3 is 0 Å². The molecule has 0 bridgehead atoms. The lowest BCUT2D eigenvalue weighted by Gasteiger charge is -2.05. The first-order valence-corrected chi connectivity index (χ1v) is 8.25.